The quantitative estimate of drug-likeness (QED) is 0.623. The lowest BCUT2D eigenvalue weighted by molar-refractivity contribution is 0.768. The summed E-state index contributed by atoms with van der Waals surface area (Å²) in [6.45, 7) is 2.12. The third-order valence-corrected chi connectivity index (χ3v) is 1.72. The van der Waals surface area contributed by atoms with Crippen LogP contribution in [0.15, 0.2) is 15.7 Å². The van der Waals surface area contributed by atoms with E-state index in [1.54, 1.807) is 6.34 Å². The van der Waals surface area contributed by atoms with Crippen LogP contribution in [0.3, 0.4) is 0 Å². The molecule has 1 aliphatic heterocycles. The molecule has 9 heavy (non-hydrogen) atoms. The second kappa shape index (κ2) is 3.01. The molecule has 50 valence electrons. The summed E-state index contributed by atoms with van der Waals surface area (Å²) in [6, 6.07) is 0.362. The summed E-state index contributed by atoms with van der Waals surface area (Å²) in [5.74, 6) is 0. The molecule has 0 saturated carbocycles. The Labute approximate surface area is 63.2 Å². The molecule has 1 atom stereocenters. The molecule has 0 aromatic carbocycles. The van der Waals surface area contributed by atoms with E-state index in [9.17, 15) is 0 Å². The SMILES string of the molecule is CCC1C=C(Br)NC=N1. The maximum atomic E-state index is 4.16. The van der Waals surface area contributed by atoms with Crippen LogP contribution in [0.1, 0.15) is 13.3 Å². The molecule has 1 heterocycles. The van der Waals surface area contributed by atoms with Crippen molar-refractivity contribution in [2.45, 2.75) is 19.4 Å². The topological polar surface area (TPSA) is 24.4 Å². The minimum Gasteiger partial charge on any atom is -0.341 e. The van der Waals surface area contributed by atoms with Crippen molar-refractivity contribution in [3.8, 4) is 0 Å². The van der Waals surface area contributed by atoms with Gasteiger partial charge in [0.15, 0.2) is 0 Å². The molecule has 0 bridgehead atoms. The van der Waals surface area contributed by atoms with Crippen LogP contribution in [0, 0.1) is 0 Å². The van der Waals surface area contributed by atoms with E-state index in [2.05, 4.69) is 39.2 Å². The van der Waals surface area contributed by atoms with E-state index in [1.807, 2.05) is 0 Å². The number of rotatable bonds is 1. The fourth-order valence-corrected chi connectivity index (χ4v) is 1.09. The minimum atomic E-state index is 0.362. The van der Waals surface area contributed by atoms with Gasteiger partial charge in [-0.25, -0.2) is 0 Å². The van der Waals surface area contributed by atoms with Gasteiger partial charge in [0, 0.05) is 0 Å². The van der Waals surface area contributed by atoms with Crippen molar-refractivity contribution in [3.63, 3.8) is 0 Å². The average Bonchev–Trinajstić information content (AvgIpc) is 1.88. The monoisotopic (exact) mass is 188 g/mol. The number of hydrogen-bond donors (Lipinski definition) is 1. The Bertz CT molecular complexity index is 151. The molecular formula is C6H9BrN2. The second-order valence-electron chi connectivity index (χ2n) is 1.91. The van der Waals surface area contributed by atoms with Gasteiger partial charge in [-0.2, -0.15) is 0 Å². The molecule has 1 N–H and O–H groups in total. The van der Waals surface area contributed by atoms with Gasteiger partial charge in [0.25, 0.3) is 0 Å². The van der Waals surface area contributed by atoms with Crippen LogP contribution in [-0.2, 0) is 0 Å². The molecule has 0 radical (unpaired) electrons. The summed E-state index contributed by atoms with van der Waals surface area (Å²) in [5.41, 5.74) is 0. The largest absolute Gasteiger partial charge is 0.341 e. The zero-order chi connectivity index (χ0) is 6.69. The third-order valence-electron chi connectivity index (χ3n) is 1.23. The van der Waals surface area contributed by atoms with Crippen molar-refractivity contribution in [2.24, 2.45) is 4.99 Å². The van der Waals surface area contributed by atoms with Gasteiger partial charge >= 0.3 is 0 Å². The first-order valence-electron chi connectivity index (χ1n) is 2.98. The summed E-state index contributed by atoms with van der Waals surface area (Å²) in [5, 5.41) is 2.93. The number of halogens is 1. The minimum absolute atomic E-state index is 0.362. The van der Waals surface area contributed by atoms with E-state index in [0.717, 1.165) is 11.0 Å². The molecule has 3 heteroatoms. The number of hydrogen-bond acceptors (Lipinski definition) is 2. The summed E-state index contributed by atoms with van der Waals surface area (Å²) >= 11 is 3.33. The smallest absolute Gasteiger partial charge is 0.0879 e. The first kappa shape index (κ1) is 6.81. The lowest BCUT2D eigenvalue weighted by Gasteiger charge is -2.10. The van der Waals surface area contributed by atoms with Crippen molar-refractivity contribution in [1.82, 2.24) is 5.32 Å². The van der Waals surface area contributed by atoms with Gasteiger partial charge in [0.1, 0.15) is 0 Å². The number of nitrogens with one attached hydrogen (secondary N) is 1. The number of nitrogens with zero attached hydrogens (tertiary/aromatic N) is 1. The summed E-state index contributed by atoms with van der Waals surface area (Å²) in [4.78, 5) is 4.16. The molecule has 2 nitrogen and oxygen atoms in total. The normalized spacial score (nSPS) is 25.1. The Morgan fingerprint density at radius 1 is 1.89 bits per heavy atom. The van der Waals surface area contributed by atoms with Gasteiger partial charge in [0.2, 0.25) is 0 Å². The first-order valence-corrected chi connectivity index (χ1v) is 3.77. The Hall–Kier alpha value is -0.310. The average molecular weight is 189 g/mol. The second-order valence-corrected chi connectivity index (χ2v) is 2.77. The molecule has 0 fully saturated rings. The van der Waals surface area contributed by atoms with Gasteiger partial charge in [-0.15, -0.1) is 0 Å². The Balaban J connectivity index is 2.55. The van der Waals surface area contributed by atoms with E-state index in [0.29, 0.717) is 6.04 Å². The Morgan fingerprint density at radius 2 is 2.67 bits per heavy atom. The van der Waals surface area contributed by atoms with Crippen molar-refractivity contribution in [1.29, 1.82) is 0 Å². The van der Waals surface area contributed by atoms with Crippen LogP contribution >= 0.6 is 15.9 Å². The summed E-state index contributed by atoms with van der Waals surface area (Å²) in [6.07, 6.45) is 4.84. The predicted molar refractivity (Wildman–Crippen MR) is 42.7 cm³/mol. The van der Waals surface area contributed by atoms with Crippen LogP contribution in [0.25, 0.3) is 0 Å². The molecule has 0 aromatic rings. The maximum Gasteiger partial charge on any atom is 0.0879 e. The van der Waals surface area contributed by atoms with Gasteiger partial charge in [-0.3, -0.25) is 4.99 Å². The number of aliphatic imine (C=N–C) groups is 1. The molecule has 0 spiro atoms. The fraction of sp³-hybridized carbons (Fsp3) is 0.500. The highest BCUT2D eigenvalue weighted by Gasteiger charge is 2.02. The van der Waals surface area contributed by atoms with Crippen molar-refractivity contribution in [2.75, 3.05) is 0 Å². The van der Waals surface area contributed by atoms with E-state index in [1.165, 1.54) is 0 Å². The zero-order valence-electron chi connectivity index (χ0n) is 5.26. The molecule has 0 aliphatic carbocycles. The van der Waals surface area contributed by atoms with E-state index in [4.69, 9.17) is 0 Å². The standard InChI is InChI=1S/C6H9BrN2/c1-2-5-3-6(7)9-4-8-5/h3-5H,2H2,1H3,(H,8,9). The molecule has 0 aromatic heterocycles. The summed E-state index contributed by atoms with van der Waals surface area (Å²) < 4.78 is 1.02. The molecule has 0 saturated heterocycles. The van der Waals surface area contributed by atoms with Crippen LogP contribution in [0.2, 0.25) is 0 Å². The molecule has 1 rings (SSSR count). The van der Waals surface area contributed by atoms with Crippen molar-refractivity contribution in [3.05, 3.63) is 10.7 Å². The van der Waals surface area contributed by atoms with Gasteiger partial charge in [-0.1, -0.05) is 6.92 Å². The van der Waals surface area contributed by atoms with Crippen LogP contribution in [0.5, 0.6) is 0 Å². The van der Waals surface area contributed by atoms with Crippen LogP contribution in [-0.4, -0.2) is 12.4 Å². The highest BCUT2D eigenvalue weighted by molar-refractivity contribution is 9.11. The Morgan fingerprint density at radius 3 is 3.11 bits per heavy atom. The van der Waals surface area contributed by atoms with Crippen molar-refractivity contribution < 1.29 is 0 Å². The molecule has 1 unspecified atom stereocenters. The highest BCUT2D eigenvalue weighted by atomic mass is 79.9. The van der Waals surface area contributed by atoms with Crippen LogP contribution < -0.4 is 5.32 Å². The lowest BCUT2D eigenvalue weighted by Crippen LogP contribution is -2.16. The van der Waals surface area contributed by atoms with Gasteiger partial charge < -0.3 is 5.32 Å². The van der Waals surface area contributed by atoms with E-state index >= 15 is 0 Å². The molecule has 1 aliphatic rings. The fourth-order valence-electron chi connectivity index (χ4n) is 0.678. The zero-order valence-corrected chi connectivity index (χ0v) is 6.85. The maximum absolute atomic E-state index is 4.16. The van der Waals surface area contributed by atoms with Crippen molar-refractivity contribution >= 4 is 22.3 Å². The molecular weight excluding hydrogens is 180 g/mol. The predicted octanol–water partition coefficient (Wildman–Crippen LogP) is 1.63. The van der Waals surface area contributed by atoms with Gasteiger partial charge in [0.05, 0.1) is 17.0 Å². The van der Waals surface area contributed by atoms with Gasteiger partial charge in [-0.05, 0) is 28.4 Å². The Kier molecular flexibility index (Phi) is 2.28. The highest BCUT2D eigenvalue weighted by Crippen LogP contribution is 2.09. The van der Waals surface area contributed by atoms with E-state index in [-0.39, 0.29) is 0 Å². The first-order chi connectivity index (χ1) is 4.33. The van der Waals surface area contributed by atoms with E-state index < -0.39 is 0 Å². The summed E-state index contributed by atoms with van der Waals surface area (Å²) in [7, 11) is 0. The third kappa shape index (κ3) is 1.82. The molecule has 0 amide bonds. The van der Waals surface area contributed by atoms with Crippen LogP contribution in [0.4, 0.5) is 0 Å². The lowest BCUT2D eigenvalue weighted by atomic mass is 10.2.